The molecule has 0 bridgehead atoms. The molecule has 0 aliphatic carbocycles. The van der Waals surface area contributed by atoms with Crippen LogP contribution in [0.3, 0.4) is 0 Å². The summed E-state index contributed by atoms with van der Waals surface area (Å²) < 4.78 is 155. The highest BCUT2D eigenvalue weighted by Gasteiger charge is 2.58. The molecular weight excluding hydrogens is 460 g/mol. The van der Waals surface area contributed by atoms with Gasteiger partial charge in [-0.1, -0.05) is 0 Å². The number of carbonyl (C=O) groups excluding carboxylic acids is 1. The molecule has 1 aliphatic heterocycles. The van der Waals surface area contributed by atoms with E-state index in [0.717, 1.165) is 9.80 Å². The number of rotatable bonds is 8. The normalized spacial score (nSPS) is 17.1. The van der Waals surface area contributed by atoms with Crippen molar-refractivity contribution in [3.63, 3.8) is 0 Å². The van der Waals surface area contributed by atoms with Gasteiger partial charge in [0.25, 0.3) is 0 Å². The molecule has 30 heavy (non-hydrogen) atoms. The van der Waals surface area contributed by atoms with E-state index in [1.54, 1.807) is 0 Å². The minimum Gasteiger partial charge on any atom is -0.359 e. The molecule has 0 aromatic rings. The lowest BCUT2D eigenvalue weighted by atomic mass is 10.3. The molecule has 1 aliphatic rings. The molecule has 2 amide bonds. The fraction of sp³-hybridized carbons (Fsp3) is 0.923. The van der Waals surface area contributed by atoms with Gasteiger partial charge in [0.1, 0.15) is 0 Å². The summed E-state index contributed by atoms with van der Waals surface area (Å²) in [6.07, 6.45) is -31.1. The standard InChI is InChI=1S/C13H14F12N2O3/c14-10(15,16)7(11(17,18)19)29-5-3-26-1-2-27(9(26)28)4-6-30-8(12(20,21)22)13(23,24)25/h7-8H,1-6H2. The summed E-state index contributed by atoms with van der Waals surface area (Å²) >= 11 is 0. The van der Waals surface area contributed by atoms with Crippen LogP contribution in [-0.2, 0) is 9.47 Å². The van der Waals surface area contributed by atoms with Crippen LogP contribution in [0, 0.1) is 0 Å². The number of hydrogen-bond acceptors (Lipinski definition) is 3. The van der Waals surface area contributed by atoms with Gasteiger partial charge in [-0.25, -0.2) is 4.79 Å². The van der Waals surface area contributed by atoms with Crippen molar-refractivity contribution in [2.24, 2.45) is 0 Å². The van der Waals surface area contributed by atoms with E-state index < -0.39 is 69.2 Å². The fourth-order valence-corrected chi connectivity index (χ4v) is 2.36. The molecule has 178 valence electrons. The van der Waals surface area contributed by atoms with Gasteiger partial charge in [-0.15, -0.1) is 0 Å². The molecule has 0 N–H and O–H groups in total. The van der Waals surface area contributed by atoms with Gasteiger partial charge in [0.2, 0.25) is 12.2 Å². The summed E-state index contributed by atoms with van der Waals surface area (Å²) in [5.74, 6) is 0. The van der Waals surface area contributed by atoms with Crippen LogP contribution in [0.25, 0.3) is 0 Å². The summed E-state index contributed by atoms with van der Waals surface area (Å²) in [4.78, 5) is 13.4. The molecule has 1 heterocycles. The quantitative estimate of drug-likeness (QED) is 0.504. The van der Waals surface area contributed by atoms with Crippen LogP contribution in [0.2, 0.25) is 0 Å². The number of halogens is 12. The van der Waals surface area contributed by atoms with Crippen LogP contribution >= 0.6 is 0 Å². The summed E-state index contributed by atoms with van der Waals surface area (Å²) in [6.45, 7) is -4.24. The van der Waals surface area contributed by atoms with Crippen LogP contribution < -0.4 is 0 Å². The molecule has 1 saturated heterocycles. The van der Waals surface area contributed by atoms with Gasteiger partial charge >= 0.3 is 30.7 Å². The Morgan fingerprint density at radius 1 is 0.633 bits per heavy atom. The minimum absolute atomic E-state index is 0.243. The zero-order valence-corrected chi connectivity index (χ0v) is 14.6. The fourth-order valence-electron chi connectivity index (χ4n) is 2.36. The molecule has 5 nitrogen and oxygen atoms in total. The van der Waals surface area contributed by atoms with E-state index in [2.05, 4.69) is 9.47 Å². The molecule has 1 fully saturated rings. The van der Waals surface area contributed by atoms with Gasteiger partial charge in [0.05, 0.1) is 13.2 Å². The Bertz CT molecular complexity index is 496. The largest absolute Gasteiger partial charge is 0.423 e. The Morgan fingerprint density at radius 2 is 0.900 bits per heavy atom. The zero-order valence-electron chi connectivity index (χ0n) is 14.6. The Balaban J connectivity index is 2.52. The highest BCUT2D eigenvalue weighted by atomic mass is 19.4. The molecule has 0 saturated carbocycles. The second-order valence-corrected chi connectivity index (χ2v) is 5.92. The highest BCUT2D eigenvalue weighted by molar-refractivity contribution is 5.76. The van der Waals surface area contributed by atoms with Gasteiger partial charge in [-0.2, -0.15) is 52.7 Å². The van der Waals surface area contributed by atoms with Crippen molar-refractivity contribution in [2.75, 3.05) is 39.4 Å². The topological polar surface area (TPSA) is 42.0 Å². The summed E-state index contributed by atoms with van der Waals surface area (Å²) in [5, 5.41) is 0. The van der Waals surface area contributed by atoms with E-state index in [1.807, 2.05) is 0 Å². The first-order valence-electron chi connectivity index (χ1n) is 7.89. The second-order valence-electron chi connectivity index (χ2n) is 5.92. The molecule has 0 aromatic carbocycles. The zero-order chi connectivity index (χ0) is 23.5. The second kappa shape index (κ2) is 9.23. The lowest BCUT2D eigenvalue weighted by molar-refractivity contribution is -0.322. The maximum atomic E-state index is 12.3. The number of ether oxygens (including phenoxy) is 2. The Hall–Kier alpha value is -1.65. The molecule has 1 rings (SSSR count). The minimum atomic E-state index is -5.75. The smallest absolute Gasteiger partial charge is 0.359 e. The third-order valence-corrected chi connectivity index (χ3v) is 3.66. The summed E-state index contributed by atoms with van der Waals surface area (Å²) in [5.41, 5.74) is 0. The SMILES string of the molecule is O=C1N(CCOC(C(F)(F)F)C(F)(F)F)CCN1CCOC(C(F)(F)F)C(F)(F)F. The lowest BCUT2D eigenvalue weighted by Crippen LogP contribution is -2.46. The van der Waals surface area contributed by atoms with Gasteiger partial charge in [0, 0.05) is 26.2 Å². The van der Waals surface area contributed by atoms with Crippen molar-refractivity contribution in [3.05, 3.63) is 0 Å². The van der Waals surface area contributed by atoms with Gasteiger partial charge in [0.15, 0.2) is 0 Å². The number of alkyl halides is 12. The van der Waals surface area contributed by atoms with Crippen molar-refractivity contribution in [2.45, 2.75) is 36.9 Å². The third-order valence-electron chi connectivity index (χ3n) is 3.66. The molecule has 0 radical (unpaired) electrons. The van der Waals surface area contributed by atoms with E-state index in [0.29, 0.717) is 0 Å². The number of hydrogen-bond donors (Lipinski definition) is 0. The van der Waals surface area contributed by atoms with Crippen LogP contribution in [0.5, 0.6) is 0 Å². The molecule has 0 aromatic heterocycles. The van der Waals surface area contributed by atoms with E-state index in [4.69, 9.17) is 0 Å². The number of amides is 2. The Morgan fingerprint density at radius 3 is 1.13 bits per heavy atom. The summed E-state index contributed by atoms with van der Waals surface area (Å²) in [6, 6.07) is -1.02. The van der Waals surface area contributed by atoms with Crippen LogP contribution in [0.4, 0.5) is 57.5 Å². The van der Waals surface area contributed by atoms with Gasteiger partial charge in [-0.3, -0.25) is 0 Å². The van der Waals surface area contributed by atoms with Crippen molar-refractivity contribution < 1.29 is 67.0 Å². The average molecular weight is 474 g/mol. The highest BCUT2D eigenvalue weighted by Crippen LogP contribution is 2.36. The monoisotopic (exact) mass is 474 g/mol. The van der Waals surface area contributed by atoms with E-state index in [9.17, 15) is 57.5 Å². The lowest BCUT2D eigenvalue weighted by Gasteiger charge is -2.25. The average Bonchev–Trinajstić information content (AvgIpc) is 2.83. The van der Waals surface area contributed by atoms with Gasteiger partial charge < -0.3 is 19.3 Å². The Labute approximate surface area is 160 Å². The predicted molar refractivity (Wildman–Crippen MR) is 72.2 cm³/mol. The molecule has 0 unspecified atom stereocenters. The Kier molecular flexibility index (Phi) is 8.12. The summed E-state index contributed by atoms with van der Waals surface area (Å²) in [7, 11) is 0. The molecule has 0 spiro atoms. The van der Waals surface area contributed by atoms with E-state index in [-0.39, 0.29) is 13.1 Å². The van der Waals surface area contributed by atoms with Gasteiger partial charge in [-0.05, 0) is 0 Å². The van der Waals surface area contributed by atoms with Crippen molar-refractivity contribution in [1.29, 1.82) is 0 Å². The molecule has 0 atom stereocenters. The van der Waals surface area contributed by atoms with Crippen molar-refractivity contribution in [3.8, 4) is 0 Å². The van der Waals surface area contributed by atoms with E-state index in [1.165, 1.54) is 0 Å². The maximum absolute atomic E-state index is 12.3. The molecular formula is C13H14F12N2O3. The first-order valence-corrected chi connectivity index (χ1v) is 7.89. The van der Waals surface area contributed by atoms with Crippen LogP contribution in [0.15, 0.2) is 0 Å². The number of carbonyl (C=O) groups is 1. The number of urea groups is 1. The maximum Gasteiger partial charge on any atom is 0.423 e. The predicted octanol–water partition coefficient (Wildman–Crippen LogP) is 3.74. The van der Waals surface area contributed by atoms with Crippen LogP contribution in [0.1, 0.15) is 0 Å². The van der Waals surface area contributed by atoms with Crippen molar-refractivity contribution in [1.82, 2.24) is 9.80 Å². The van der Waals surface area contributed by atoms with Crippen LogP contribution in [-0.4, -0.2) is 92.1 Å². The number of nitrogens with zero attached hydrogens (tertiary/aromatic N) is 2. The molecule has 17 heteroatoms. The third kappa shape index (κ3) is 7.55. The first kappa shape index (κ1) is 26.4. The van der Waals surface area contributed by atoms with Crippen molar-refractivity contribution >= 4 is 6.03 Å². The first-order chi connectivity index (χ1) is 13.3. The van der Waals surface area contributed by atoms with E-state index >= 15 is 0 Å².